The second kappa shape index (κ2) is 6.73. The molecule has 3 heterocycles. The Morgan fingerprint density at radius 2 is 2.13 bits per heavy atom. The molecule has 1 N–H and O–H groups in total. The van der Waals surface area contributed by atoms with Gasteiger partial charge in [-0.1, -0.05) is 6.07 Å². The standard InChI is InChI=1S/C17H19FN4O/c1-12-4-6-15(19-9-12)21-17(23)13-3-2-8-22(11-13)16-7-5-14(18)10-20-16/h4-7,9-10,13H,2-3,8,11H2,1H3,(H,19,21,23). The molecule has 120 valence electrons. The van der Waals surface area contributed by atoms with E-state index in [0.29, 0.717) is 18.2 Å². The average molecular weight is 314 g/mol. The zero-order valence-corrected chi connectivity index (χ0v) is 13.0. The van der Waals surface area contributed by atoms with E-state index in [9.17, 15) is 9.18 Å². The van der Waals surface area contributed by atoms with Crippen LogP contribution < -0.4 is 10.2 Å². The quantitative estimate of drug-likeness (QED) is 0.946. The van der Waals surface area contributed by atoms with E-state index in [0.717, 1.165) is 24.9 Å². The number of hydrogen-bond donors (Lipinski definition) is 1. The number of amides is 1. The summed E-state index contributed by atoms with van der Waals surface area (Å²) >= 11 is 0. The van der Waals surface area contributed by atoms with Crippen molar-refractivity contribution in [3.63, 3.8) is 0 Å². The predicted molar refractivity (Wildman–Crippen MR) is 86.7 cm³/mol. The van der Waals surface area contributed by atoms with Crippen molar-refractivity contribution in [2.24, 2.45) is 5.92 Å². The third-order valence-electron chi connectivity index (χ3n) is 3.99. The molecule has 0 bridgehead atoms. The Kier molecular flexibility index (Phi) is 4.50. The van der Waals surface area contributed by atoms with Crippen LogP contribution in [-0.2, 0) is 4.79 Å². The molecule has 1 fully saturated rings. The van der Waals surface area contributed by atoms with Crippen molar-refractivity contribution in [1.29, 1.82) is 0 Å². The molecule has 1 unspecified atom stereocenters. The van der Waals surface area contributed by atoms with Gasteiger partial charge in [0.15, 0.2) is 0 Å². The van der Waals surface area contributed by atoms with Gasteiger partial charge in [0.05, 0.1) is 12.1 Å². The lowest BCUT2D eigenvalue weighted by atomic mass is 9.97. The van der Waals surface area contributed by atoms with Gasteiger partial charge in [-0.15, -0.1) is 0 Å². The van der Waals surface area contributed by atoms with Gasteiger partial charge in [0.1, 0.15) is 17.5 Å². The van der Waals surface area contributed by atoms with Gasteiger partial charge in [-0.25, -0.2) is 14.4 Å². The van der Waals surface area contributed by atoms with Crippen molar-refractivity contribution in [2.75, 3.05) is 23.3 Å². The van der Waals surface area contributed by atoms with Gasteiger partial charge in [0.2, 0.25) is 5.91 Å². The van der Waals surface area contributed by atoms with Gasteiger partial charge < -0.3 is 10.2 Å². The van der Waals surface area contributed by atoms with Gasteiger partial charge in [0.25, 0.3) is 0 Å². The zero-order valence-electron chi connectivity index (χ0n) is 13.0. The summed E-state index contributed by atoms with van der Waals surface area (Å²) in [6.07, 6.45) is 4.66. The van der Waals surface area contributed by atoms with Crippen molar-refractivity contribution >= 4 is 17.5 Å². The molecule has 0 spiro atoms. The first-order valence-electron chi connectivity index (χ1n) is 7.72. The number of halogens is 1. The van der Waals surface area contributed by atoms with Gasteiger partial charge in [-0.2, -0.15) is 0 Å². The van der Waals surface area contributed by atoms with E-state index >= 15 is 0 Å². The van der Waals surface area contributed by atoms with Crippen LogP contribution in [0.1, 0.15) is 18.4 Å². The highest BCUT2D eigenvalue weighted by atomic mass is 19.1. The molecule has 1 amide bonds. The average Bonchev–Trinajstić information content (AvgIpc) is 2.58. The summed E-state index contributed by atoms with van der Waals surface area (Å²) in [5, 5.41) is 2.86. The van der Waals surface area contributed by atoms with Gasteiger partial charge in [-0.3, -0.25) is 4.79 Å². The molecule has 1 aliphatic heterocycles. The molecular formula is C17H19FN4O. The SMILES string of the molecule is Cc1ccc(NC(=O)C2CCCN(c3ccc(F)cn3)C2)nc1. The second-order valence-corrected chi connectivity index (χ2v) is 5.83. The van der Waals surface area contributed by atoms with Gasteiger partial charge in [0, 0.05) is 19.3 Å². The van der Waals surface area contributed by atoms with Crippen molar-refractivity contribution in [3.8, 4) is 0 Å². The Morgan fingerprint density at radius 3 is 2.83 bits per heavy atom. The van der Waals surface area contributed by atoms with Crippen molar-refractivity contribution < 1.29 is 9.18 Å². The fourth-order valence-corrected chi connectivity index (χ4v) is 2.72. The third-order valence-corrected chi connectivity index (χ3v) is 3.99. The second-order valence-electron chi connectivity index (χ2n) is 5.83. The number of piperidine rings is 1. The van der Waals surface area contributed by atoms with Crippen LogP contribution in [0.4, 0.5) is 16.0 Å². The van der Waals surface area contributed by atoms with E-state index in [-0.39, 0.29) is 17.6 Å². The maximum atomic E-state index is 13.0. The molecule has 1 saturated heterocycles. The Bertz CT molecular complexity index is 672. The number of carbonyl (C=O) groups is 1. The van der Waals surface area contributed by atoms with Crippen molar-refractivity contribution in [1.82, 2.24) is 9.97 Å². The normalized spacial score (nSPS) is 17.8. The van der Waals surface area contributed by atoms with E-state index < -0.39 is 0 Å². The number of nitrogens with zero attached hydrogens (tertiary/aromatic N) is 3. The smallest absolute Gasteiger partial charge is 0.230 e. The lowest BCUT2D eigenvalue weighted by Gasteiger charge is -2.32. The number of nitrogens with one attached hydrogen (secondary N) is 1. The summed E-state index contributed by atoms with van der Waals surface area (Å²) in [7, 11) is 0. The predicted octanol–water partition coefficient (Wildman–Crippen LogP) is 2.78. The number of rotatable bonds is 3. The van der Waals surface area contributed by atoms with E-state index in [1.807, 2.05) is 17.9 Å². The summed E-state index contributed by atoms with van der Waals surface area (Å²) in [5.74, 6) is 0.757. The molecule has 5 nitrogen and oxygen atoms in total. The lowest BCUT2D eigenvalue weighted by Crippen LogP contribution is -2.41. The molecule has 3 rings (SSSR count). The number of pyridine rings is 2. The first-order chi connectivity index (χ1) is 11.1. The van der Waals surface area contributed by atoms with Gasteiger partial charge in [-0.05, 0) is 43.5 Å². The monoisotopic (exact) mass is 314 g/mol. The minimum atomic E-state index is -0.356. The Morgan fingerprint density at radius 1 is 1.26 bits per heavy atom. The van der Waals surface area contributed by atoms with E-state index in [1.54, 1.807) is 18.3 Å². The van der Waals surface area contributed by atoms with Crippen LogP contribution in [0.3, 0.4) is 0 Å². The minimum Gasteiger partial charge on any atom is -0.356 e. The van der Waals surface area contributed by atoms with Crippen LogP contribution in [-0.4, -0.2) is 29.0 Å². The van der Waals surface area contributed by atoms with Crippen LogP contribution in [0.15, 0.2) is 36.7 Å². The first-order valence-corrected chi connectivity index (χ1v) is 7.72. The molecule has 0 saturated carbocycles. The highest BCUT2D eigenvalue weighted by molar-refractivity contribution is 5.92. The molecule has 1 atom stereocenters. The number of carbonyl (C=O) groups excluding carboxylic acids is 1. The molecule has 1 aliphatic rings. The molecule has 0 aromatic carbocycles. The highest BCUT2D eigenvalue weighted by Gasteiger charge is 2.26. The molecular weight excluding hydrogens is 295 g/mol. The number of aryl methyl sites for hydroxylation is 1. The van der Waals surface area contributed by atoms with Crippen molar-refractivity contribution in [2.45, 2.75) is 19.8 Å². The van der Waals surface area contributed by atoms with Crippen LogP contribution >= 0.6 is 0 Å². The highest BCUT2D eigenvalue weighted by Crippen LogP contribution is 2.22. The summed E-state index contributed by atoms with van der Waals surface area (Å²) in [6, 6.07) is 6.76. The Balaban J connectivity index is 1.64. The van der Waals surface area contributed by atoms with E-state index in [2.05, 4.69) is 15.3 Å². The van der Waals surface area contributed by atoms with Crippen molar-refractivity contribution in [3.05, 3.63) is 48.0 Å². The summed E-state index contributed by atoms with van der Waals surface area (Å²) in [4.78, 5) is 22.7. The van der Waals surface area contributed by atoms with E-state index in [4.69, 9.17) is 0 Å². The lowest BCUT2D eigenvalue weighted by molar-refractivity contribution is -0.120. The molecule has 2 aromatic heterocycles. The molecule has 2 aromatic rings. The minimum absolute atomic E-state index is 0.0341. The molecule has 23 heavy (non-hydrogen) atoms. The Hall–Kier alpha value is -2.50. The molecule has 0 aliphatic carbocycles. The van der Waals surface area contributed by atoms with Crippen LogP contribution in [0, 0.1) is 18.7 Å². The first kappa shape index (κ1) is 15.4. The van der Waals surface area contributed by atoms with Crippen LogP contribution in [0.2, 0.25) is 0 Å². The third kappa shape index (κ3) is 3.83. The maximum Gasteiger partial charge on any atom is 0.230 e. The molecule has 6 heteroatoms. The number of hydrogen-bond acceptors (Lipinski definition) is 4. The maximum absolute atomic E-state index is 13.0. The van der Waals surface area contributed by atoms with Crippen LogP contribution in [0.5, 0.6) is 0 Å². The number of anilines is 2. The Labute approximate surface area is 134 Å². The summed E-state index contributed by atoms with van der Waals surface area (Å²) in [5.41, 5.74) is 1.05. The fourth-order valence-electron chi connectivity index (χ4n) is 2.72. The fraction of sp³-hybridized carbons (Fsp3) is 0.353. The largest absolute Gasteiger partial charge is 0.356 e. The molecule has 0 radical (unpaired) electrons. The summed E-state index contributed by atoms with van der Waals surface area (Å²) in [6.45, 7) is 3.36. The van der Waals surface area contributed by atoms with E-state index in [1.165, 1.54) is 12.3 Å². The summed E-state index contributed by atoms with van der Waals surface area (Å²) < 4.78 is 13.0. The van der Waals surface area contributed by atoms with Crippen LogP contribution in [0.25, 0.3) is 0 Å². The topological polar surface area (TPSA) is 58.1 Å². The number of aromatic nitrogens is 2. The zero-order chi connectivity index (χ0) is 16.2. The van der Waals surface area contributed by atoms with Gasteiger partial charge >= 0.3 is 0 Å².